The number of nitrogens with zero attached hydrogens (tertiary/aromatic N) is 4. The molecule has 0 spiro atoms. The molecule has 2 rings (SSSR count). The normalized spacial score (nSPS) is 11.9. The second-order valence-corrected chi connectivity index (χ2v) is 5.50. The number of nitrogens with one attached hydrogen (secondary N) is 4. The van der Waals surface area contributed by atoms with Crippen molar-refractivity contribution in [1.82, 2.24) is 40.9 Å². The molecule has 104 valence electrons. The summed E-state index contributed by atoms with van der Waals surface area (Å²) in [6.45, 7) is 2.11. The lowest BCUT2D eigenvalue weighted by atomic mass is 10.3. The first kappa shape index (κ1) is 13.6. The summed E-state index contributed by atoms with van der Waals surface area (Å²) in [5.41, 5.74) is 1.30. The van der Waals surface area contributed by atoms with Gasteiger partial charge in [-0.1, -0.05) is 5.21 Å². The molecule has 0 radical (unpaired) electrons. The Kier molecular flexibility index (Phi) is 3.87. The van der Waals surface area contributed by atoms with Crippen molar-refractivity contribution in [3.05, 3.63) is 17.1 Å². The monoisotopic (exact) mass is 286 g/mol. The number of aromatic nitrogens is 6. The summed E-state index contributed by atoms with van der Waals surface area (Å²) in [7, 11) is -1.99. The zero-order chi connectivity index (χ0) is 13.9. The molecule has 0 saturated heterocycles. The van der Waals surface area contributed by atoms with E-state index in [1.54, 1.807) is 14.0 Å². The van der Waals surface area contributed by atoms with Gasteiger partial charge >= 0.3 is 0 Å². The Morgan fingerprint density at radius 2 is 2.05 bits per heavy atom. The molecule has 0 aliphatic heterocycles. The van der Waals surface area contributed by atoms with Crippen LogP contribution in [-0.2, 0) is 23.1 Å². The van der Waals surface area contributed by atoms with E-state index in [2.05, 4.69) is 40.9 Å². The van der Waals surface area contributed by atoms with Gasteiger partial charge in [-0.05, 0) is 14.0 Å². The number of hydrogen-bond donors (Lipinski definition) is 4. The molecule has 0 atom stereocenters. The van der Waals surface area contributed by atoms with Crippen LogP contribution in [0.15, 0.2) is 5.03 Å². The Labute approximate surface area is 109 Å². The Balaban J connectivity index is 2.19. The maximum atomic E-state index is 12.1. The third kappa shape index (κ3) is 2.94. The van der Waals surface area contributed by atoms with Gasteiger partial charge in [0.05, 0.1) is 6.54 Å². The van der Waals surface area contributed by atoms with Crippen LogP contribution in [0.25, 0.3) is 0 Å². The number of tetrazole rings is 1. The summed E-state index contributed by atoms with van der Waals surface area (Å²) in [4.78, 5) is 0. The van der Waals surface area contributed by atoms with E-state index in [1.807, 2.05) is 0 Å². The number of hydrogen-bond acceptors (Lipinski definition) is 7. The summed E-state index contributed by atoms with van der Waals surface area (Å²) in [5.74, 6) is 0.256. The maximum Gasteiger partial charge on any atom is 0.260 e. The van der Waals surface area contributed by atoms with Crippen LogP contribution in [0, 0.1) is 6.92 Å². The van der Waals surface area contributed by atoms with E-state index in [0.29, 0.717) is 17.8 Å². The zero-order valence-corrected chi connectivity index (χ0v) is 11.2. The Bertz CT molecular complexity index is 632. The highest BCUT2D eigenvalue weighted by Crippen LogP contribution is 2.15. The molecule has 0 aliphatic carbocycles. The fourth-order valence-electron chi connectivity index (χ4n) is 1.52. The molecule has 0 aliphatic rings. The molecule has 0 bridgehead atoms. The minimum Gasteiger partial charge on any atom is -0.316 e. The first-order chi connectivity index (χ1) is 9.04. The molecule has 11 heteroatoms. The van der Waals surface area contributed by atoms with E-state index in [-0.39, 0.29) is 17.4 Å². The Morgan fingerprint density at radius 3 is 2.68 bits per heavy atom. The first-order valence-electron chi connectivity index (χ1n) is 5.45. The highest BCUT2D eigenvalue weighted by Gasteiger charge is 2.23. The van der Waals surface area contributed by atoms with Gasteiger partial charge in [0.1, 0.15) is 0 Å². The van der Waals surface area contributed by atoms with Crippen LogP contribution < -0.4 is 10.0 Å². The van der Waals surface area contributed by atoms with Gasteiger partial charge in [-0.15, -0.1) is 10.2 Å². The maximum absolute atomic E-state index is 12.1. The van der Waals surface area contributed by atoms with E-state index in [1.165, 1.54) is 0 Å². The lowest BCUT2D eigenvalue weighted by molar-refractivity contribution is 0.573. The van der Waals surface area contributed by atoms with Gasteiger partial charge in [0.2, 0.25) is 0 Å². The third-order valence-electron chi connectivity index (χ3n) is 2.45. The second-order valence-electron chi connectivity index (χ2n) is 3.82. The molecule has 0 amide bonds. The van der Waals surface area contributed by atoms with Gasteiger partial charge in [-0.3, -0.25) is 5.10 Å². The summed E-state index contributed by atoms with van der Waals surface area (Å²) in [6, 6.07) is 0. The minimum absolute atomic E-state index is 0.0251. The Morgan fingerprint density at radius 1 is 1.26 bits per heavy atom. The molecule has 2 aromatic heterocycles. The Hall–Kier alpha value is -1.85. The topological polar surface area (TPSA) is 141 Å². The van der Waals surface area contributed by atoms with Gasteiger partial charge in [0.15, 0.2) is 10.9 Å². The minimum atomic E-state index is -3.72. The predicted molar refractivity (Wildman–Crippen MR) is 64.3 cm³/mol. The highest BCUT2D eigenvalue weighted by molar-refractivity contribution is 7.89. The van der Waals surface area contributed by atoms with Crippen molar-refractivity contribution in [2.45, 2.75) is 25.0 Å². The lowest BCUT2D eigenvalue weighted by Gasteiger charge is -2.05. The lowest BCUT2D eigenvalue weighted by Crippen LogP contribution is -2.26. The second kappa shape index (κ2) is 5.42. The van der Waals surface area contributed by atoms with E-state index in [9.17, 15) is 8.42 Å². The van der Waals surface area contributed by atoms with Crippen LogP contribution in [0.2, 0.25) is 0 Å². The summed E-state index contributed by atoms with van der Waals surface area (Å²) < 4.78 is 26.6. The third-order valence-corrected chi connectivity index (χ3v) is 3.82. The van der Waals surface area contributed by atoms with E-state index >= 15 is 0 Å². The standard InChI is InChI=1S/C8H14N8O2S/c1-5-6(3-9-2)8(14-11-5)19(17,18)10-4-7-12-15-16-13-7/h9-10H,3-4H2,1-2H3,(H,11,14)(H,12,13,15,16). The molecular weight excluding hydrogens is 272 g/mol. The predicted octanol–water partition coefficient (Wildman–Crippen LogP) is -1.57. The fourth-order valence-corrected chi connectivity index (χ4v) is 2.69. The van der Waals surface area contributed by atoms with Crippen LogP contribution in [0.3, 0.4) is 0 Å². The number of aromatic amines is 2. The van der Waals surface area contributed by atoms with Crippen LogP contribution in [-0.4, -0.2) is 46.3 Å². The average molecular weight is 286 g/mol. The van der Waals surface area contributed by atoms with Gasteiger partial charge in [0.25, 0.3) is 10.0 Å². The van der Waals surface area contributed by atoms with E-state index in [4.69, 9.17) is 0 Å². The van der Waals surface area contributed by atoms with Crippen LogP contribution in [0.5, 0.6) is 0 Å². The van der Waals surface area contributed by atoms with Crippen molar-refractivity contribution in [1.29, 1.82) is 0 Å². The van der Waals surface area contributed by atoms with E-state index < -0.39 is 10.0 Å². The van der Waals surface area contributed by atoms with Crippen LogP contribution in [0.1, 0.15) is 17.1 Å². The van der Waals surface area contributed by atoms with Crippen molar-refractivity contribution in [3.8, 4) is 0 Å². The van der Waals surface area contributed by atoms with E-state index in [0.717, 1.165) is 0 Å². The molecule has 2 heterocycles. The molecule has 0 unspecified atom stereocenters. The molecule has 0 aromatic carbocycles. The molecular formula is C8H14N8O2S. The van der Waals surface area contributed by atoms with Crippen molar-refractivity contribution < 1.29 is 8.42 Å². The van der Waals surface area contributed by atoms with Gasteiger partial charge < -0.3 is 5.32 Å². The SMILES string of the molecule is CNCc1c(S(=O)(=O)NCc2nn[nH]n2)n[nH]c1C. The zero-order valence-electron chi connectivity index (χ0n) is 10.4. The largest absolute Gasteiger partial charge is 0.316 e. The summed E-state index contributed by atoms with van der Waals surface area (Å²) in [6.07, 6.45) is 0. The van der Waals surface area contributed by atoms with Crippen LogP contribution in [0.4, 0.5) is 0 Å². The quantitative estimate of drug-likeness (QED) is 0.502. The van der Waals surface area contributed by atoms with Crippen molar-refractivity contribution in [2.75, 3.05) is 7.05 Å². The number of aryl methyl sites for hydroxylation is 1. The van der Waals surface area contributed by atoms with Crippen molar-refractivity contribution >= 4 is 10.0 Å². The average Bonchev–Trinajstić information content (AvgIpc) is 2.99. The number of H-pyrrole nitrogens is 2. The fraction of sp³-hybridized carbons (Fsp3) is 0.500. The molecule has 0 fully saturated rings. The smallest absolute Gasteiger partial charge is 0.260 e. The molecule has 0 saturated carbocycles. The molecule has 2 aromatic rings. The molecule has 10 nitrogen and oxygen atoms in total. The number of rotatable bonds is 6. The molecule has 19 heavy (non-hydrogen) atoms. The van der Waals surface area contributed by atoms with Gasteiger partial charge in [-0.2, -0.15) is 10.3 Å². The van der Waals surface area contributed by atoms with Crippen molar-refractivity contribution in [3.63, 3.8) is 0 Å². The summed E-state index contributed by atoms with van der Waals surface area (Å²) in [5, 5.41) is 22.3. The van der Waals surface area contributed by atoms with Crippen molar-refractivity contribution in [2.24, 2.45) is 0 Å². The highest BCUT2D eigenvalue weighted by atomic mass is 32.2. The molecule has 4 N–H and O–H groups in total. The van der Waals surface area contributed by atoms with Gasteiger partial charge in [0, 0.05) is 17.8 Å². The first-order valence-corrected chi connectivity index (χ1v) is 6.93. The van der Waals surface area contributed by atoms with Gasteiger partial charge in [-0.25, -0.2) is 13.1 Å². The van der Waals surface area contributed by atoms with Crippen LogP contribution >= 0.6 is 0 Å². The summed E-state index contributed by atoms with van der Waals surface area (Å²) >= 11 is 0. The number of sulfonamides is 1.